The summed E-state index contributed by atoms with van der Waals surface area (Å²) in [6, 6.07) is 0.830. The molecule has 1 aromatic rings. The summed E-state index contributed by atoms with van der Waals surface area (Å²) in [5, 5.41) is 8.78. The smallest absolute Gasteiger partial charge is 0.411 e. The van der Waals surface area contributed by atoms with Crippen LogP contribution >= 0.6 is 0 Å². The lowest BCUT2D eigenvalue weighted by Gasteiger charge is -2.37. The van der Waals surface area contributed by atoms with Gasteiger partial charge in [-0.05, 0) is 19.1 Å². The minimum atomic E-state index is -4.63. The van der Waals surface area contributed by atoms with Crippen molar-refractivity contribution in [2.75, 3.05) is 5.73 Å². The highest BCUT2D eigenvalue weighted by molar-refractivity contribution is 5.73. The molecule has 5 nitrogen and oxygen atoms in total. The van der Waals surface area contributed by atoms with E-state index in [9.17, 15) is 17.6 Å². The van der Waals surface area contributed by atoms with Crippen molar-refractivity contribution in [2.45, 2.75) is 31.2 Å². The normalized spacial score (nSPS) is 25.1. The summed E-state index contributed by atoms with van der Waals surface area (Å²) >= 11 is 0. The van der Waals surface area contributed by atoms with Crippen molar-refractivity contribution in [3.8, 4) is 6.07 Å². The topological polar surface area (TPSA) is 97.4 Å². The van der Waals surface area contributed by atoms with Crippen LogP contribution in [0.3, 0.4) is 0 Å². The molecule has 0 aliphatic carbocycles. The highest BCUT2D eigenvalue weighted by Crippen LogP contribution is 2.41. The molecule has 0 radical (unpaired) electrons. The summed E-state index contributed by atoms with van der Waals surface area (Å²) in [6.07, 6.45) is -5.29. The van der Waals surface area contributed by atoms with Gasteiger partial charge < -0.3 is 16.2 Å². The van der Waals surface area contributed by atoms with Gasteiger partial charge in [0.15, 0.2) is 6.04 Å². The van der Waals surface area contributed by atoms with Crippen molar-refractivity contribution in [3.05, 3.63) is 29.1 Å². The van der Waals surface area contributed by atoms with Crippen molar-refractivity contribution in [1.29, 1.82) is 5.26 Å². The average Bonchev–Trinajstić information content (AvgIpc) is 2.38. The van der Waals surface area contributed by atoms with Crippen molar-refractivity contribution < 1.29 is 22.3 Å². The molecule has 9 heteroatoms. The first-order valence-corrected chi connectivity index (χ1v) is 6.15. The summed E-state index contributed by atoms with van der Waals surface area (Å²) in [6.45, 7) is 1.26. The predicted octanol–water partition coefficient (Wildman–Crippen LogP) is 2.16. The highest BCUT2D eigenvalue weighted by Gasteiger charge is 2.49. The minimum Gasteiger partial charge on any atom is -0.454 e. The Hall–Kier alpha value is -2.50. The van der Waals surface area contributed by atoms with E-state index in [1.807, 2.05) is 0 Å². The lowest BCUT2D eigenvalue weighted by atomic mass is 9.86. The first kappa shape index (κ1) is 15.9. The molecule has 0 spiro atoms. The molecule has 118 valence electrons. The van der Waals surface area contributed by atoms with Crippen molar-refractivity contribution in [3.63, 3.8) is 0 Å². The largest absolute Gasteiger partial charge is 0.454 e. The maximum absolute atomic E-state index is 14.1. The van der Waals surface area contributed by atoms with Gasteiger partial charge in [-0.2, -0.15) is 18.4 Å². The van der Waals surface area contributed by atoms with Crippen LogP contribution < -0.4 is 11.5 Å². The number of nitrogen functional groups attached to an aromatic ring is 1. The maximum atomic E-state index is 14.1. The first-order valence-electron chi connectivity index (χ1n) is 6.15. The number of alkyl halides is 3. The number of rotatable bonds is 1. The molecule has 2 atom stereocenters. The quantitative estimate of drug-likeness (QED) is 0.613. The number of amidine groups is 1. The summed E-state index contributed by atoms with van der Waals surface area (Å²) in [7, 11) is 0. The van der Waals surface area contributed by atoms with E-state index in [0.29, 0.717) is 0 Å². The van der Waals surface area contributed by atoms with Crippen LogP contribution in [-0.2, 0) is 10.3 Å². The second kappa shape index (κ2) is 5.05. The Labute approximate surface area is 123 Å². The SMILES string of the molecule is C[C@@]1(c2cc(N)c(C#N)cc2F)C[C@@H](C(F)(F)F)N=C(N)O1. The minimum absolute atomic E-state index is 0.0617. The van der Waals surface area contributed by atoms with Crippen LogP contribution in [0.2, 0.25) is 0 Å². The van der Waals surface area contributed by atoms with Crippen LogP contribution in [0.1, 0.15) is 24.5 Å². The van der Waals surface area contributed by atoms with Crippen molar-refractivity contribution in [2.24, 2.45) is 10.7 Å². The molecule has 0 saturated carbocycles. The van der Waals surface area contributed by atoms with E-state index in [4.69, 9.17) is 21.5 Å². The molecule has 0 saturated heterocycles. The van der Waals surface area contributed by atoms with Gasteiger partial charge in [0.2, 0.25) is 0 Å². The Balaban J connectivity index is 2.50. The number of hydrogen-bond donors (Lipinski definition) is 2. The fourth-order valence-corrected chi connectivity index (χ4v) is 2.31. The fourth-order valence-electron chi connectivity index (χ4n) is 2.31. The number of nitriles is 1. The predicted molar refractivity (Wildman–Crippen MR) is 70.0 cm³/mol. The number of ether oxygens (including phenoxy) is 1. The van der Waals surface area contributed by atoms with E-state index in [0.717, 1.165) is 12.1 Å². The van der Waals surface area contributed by atoms with Crippen molar-refractivity contribution in [1.82, 2.24) is 0 Å². The Bertz CT molecular complexity index is 680. The van der Waals surface area contributed by atoms with Gasteiger partial charge in [0.1, 0.15) is 17.5 Å². The third kappa shape index (κ3) is 2.77. The Kier molecular flexibility index (Phi) is 3.64. The molecule has 0 bridgehead atoms. The molecule has 4 N–H and O–H groups in total. The molecule has 1 aromatic carbocycles. The lowest BCUT2D eigenvalue weighted by molar-refractivity contribution is -0.164. The molecule has 0 amide bonds. The van der Waals surface area contributed by atoms with Gasteiger partial charge in [0.05, 0.1) is 11.3 Å². The van der Waals surface area contributed by atoms with Crippen LogP contribution in [0.15, 0.2) is 17.1 Å². The number of nitrogens with two attached hydrogens (primary N) is 2. The number of aliphatic imine (C=N–C) groups is 1. The molecule has 0 aromatic heterocycles. The average molecular weight is 316 g/mol. The Morgan fingerprint density at radius 1 is 1.41 bits per heavy atom. The molecular formula is C13H12F4N4O. The zero-order valence-corrected chi connectivity index (χ0v) is 11.4. The van der Waals surface area contributed by atoms with E-state index in [1.54, 1.807) is 6.07 Å². The standard InChI is InChI=1S/C13H12F4N4O/c1-12(4-10(13(15,16)17)21-11(20)22-12)7-3-9(19)6(5-18)2-8(7)14/h2-3,10H,4,19H2,1H3,(H2,20,21)/t10-,12-/m0/s1. The fraction of sp³-hybridized carbons (Fsp3) is 0.385. The van der Waals surface area contributed by atoms with Gasteiger partial charge in [-0.3, -0.25) is 0 Å². The van der Waals surface area contributed by atoms with E-state index in [-0.39, 0.29) is 16.8 Å². The Morgan fingerprint density at radius 3 is 2.59 bits per heavy atom. The molecule has 1 aliphatic rings. The van der Waals surface area contributed by atoms with Crippen LogP contribution in [0, 0.1) is 17.1 Å². The zero-order valence-electron chi connectivity index (χ0n) is 11.4. The number of nitrogens with zero attached hydrogens (tertiary/aromatic N) is 2. The molecule has 1 aliphatic heterocycles. The van der Waals surface area contributed by atoms with Gasteiger partial charge in [-0.1, -0.05) is 0 Å². The third-order valence-corrected chi connectivity index (χ3v) is 3.40. The van der Waals surface area contributed by atoms with E-state index < -0.39 is 36.1 Å². The van der Waals surface area contributed by atoms with E-state index in [1.165, 1.54) is 6.92 Å². The molecule has 0 fully saturated rings. The summed E-state index contributed by atoms with van der Waals surface area (Å²) in [5.41, 5.74) is 8.81. The molecule has 22 heavy (non-hydrogen) atoms. The van der Waals surface area contributed by atoms with Crippen LogP contribution in [0.5, 0.6) is 0 Å². The van der Waals surface area contributed by atoms with Crippen molar-refractivity contribution >= 4 is 11.7 Å². The molecular weight excluding hydrogens is 304 g/mol. The van der Waals surface area contributed by atoms with E-state index in [2.05, 4.69) is 4.99 Å². The number of anilines is 1. The van der Waals surface area contributed by atoms with Gasteiger partial charge in [0.25, 0.3) is 6.02 Å². The van der Waals surface area contributed by atoms with Gasteiger partial charge in [0, 0.05) is 12.0 Å². The molecule has 1 heterocycles. The molecule has 2 rings (SSSR count). The molecule has 0 unspecified atom stereocenters. The van der Waals surface area contributed by atoms with Crippen LogP contribution in [0.4, 0.5) is 23.2 Å². The second-order valence-corrected chi connectivity index (χ2v) is 5.09. The van der Waals surface area contributed by atoms with Gasteiger partial charge in [-0.15, -0.1) is 0 Å². The van der Waals surface area contributed by atoms with E-state index >= 15 is 0 Å². The van der Waals surface area contributed by atoms with Crippen LogP contribution in [0.25, 0.3) is 0 Å². The highest BCUT2D eigenvalue weighted by atomic mass is 19.4. The first-order chi connectivity index (χ1) is 10.1. The van der Waals surface area contributed by atoms with Gasteiger partial charge in [-0.25, -0.2) is 9.38 Å². The number of hydrogen-bond acceptors (Lipinski definition) is 5. The summed E-state index contributed by atoms with van der Waals surface area (Å²) < 4.78 is 58.0. The van der Waals surface area contributed by atoms with Gasteiger partial charge >= 0.3 is 6.18 Å². The zero-order chi connectivity index (χ0) is 16.7. The lowest BCUT2D eigenvalue weighted by Crippen LogP contribution is -2.46. The monoisotopic (exact) mass is 316 g/mol. The third-order valence-electron chi connectivity index (χ3n) is 3.40. The Morgan fingerprint density at radius 2 is 2.05 bits per heavy atom. The summed E-state index contributed by atoms with van der Waals surface area (Å²) in [4.78, 5) is 3.20. The summed E-state index contributed by atoms with van der Waals surface area (Å²) in [5.74, 6) is -0.899. The maximum Gasteiger partial charge on any atom is 0.411 e. The number of benzene rings is 1. The van der Waals surface area contributed by atoms with Crippen LogP contribution in [-0.4, -0.2) is 18.2 Å². The second-order valence-electron chi connectivity index (χ2n) is 5.09. The number of halogens is 4.